The molecule has 1 amide bonds. The van der Waals surface area contributed by atoms with Gasteiger partial charge in [-0.3, -0.25) is 14.9 Å². The first-order valence-corrected chi connectivity index (χ1v) is 9.81. The molecular weight excluding hydrogens is 406 g/mol. The van der Waals surface area contributed by atoms with Crippen molar-refractivity contribution >= 4 is 38.8 Å². The van der Waals surface area contributed by atoms with Crippen molar-refractivity contribution in [2.45, 2.75) is 13.5 Å². The molecule has 3 aromatic heterocycles. The molecule has 0 aliphatic carbocycles. The Morgan fingerprint density at radius 3 is 2.70 bits per heavy atom. The molecular formula is C21H17N3O5S. The van der Waals surface area contributed by atoms with Crippen LogP contribution in [0, 0.1) is 17.0 Å². The summed E-state index contributed by atoms with van der Waals surface area (Å²) in [6.45, 7) is 2.24. The fraction of sp³-hybridized carbons (Fsp3) is 0.143. The number of nitrogens with one attached hydrogen (secondary N) is 1. The van der Waals surface area contributed by atoms with Gasteiger partial charge >= 0.3 is 0 Å². The average molecular weight is 423 g/mol. The zero-order valence-electron chi connectivity index (χ0n) is 16.2. The topological polar surface area (TPSA) is 108 Å². The number of nitrogens with zero attached hydrogens (tertiary/aromatic N) is 2. The number of non-ortho nitro benzene ring substituents is 1. The maximum Gasteiger partial charge on any atom is 0.291 e. The SMILES string of the molecule is COCc1cc(C)nc2sc(-c3ccc([N+](=O)[O-])cc3)c(NC(=O)c3ccco3)c12. The maximum absolute atomic E-state index is 12.7. The van der Waals surface area contributed by atoms with E-state index in [4.69, 9.17) is 9.15 Å². The number of anilines is 1. The predicted octanol–water partition coefficient (Wildman–Crippen LogP) is 5.17. The quantitative estimate of drug-likeness (QED) is 0.338. The Labute approximate surface area is 175 Å². The van der Waals surface area contributed by atoms with Gasteiger partial charge in [-0.15, -0.1) is 11.3 Å². The Balaban J connectivity index is 1.90. The molecule has 0 fully saturated rings. The summed E-state index contributed by atoms with van der Waals surface area (Å²) in [5.41, 5.74) is 3.02. The van der Waals surface area contributed by atoms with Crippen LogP contribution in [0.15, 0.2) is 53.1 Å². The van der Waals surface area contributed by atoms with E-state index < -0.39 is 10.8 Å². The summed E-state index contributed by atoms with van der Waals surface area (Å²) >= 11 is 1.40. The van der Waals surface area contributed by atoms with Gasteiger partial charge in [0.05, 0.1) is 28.4 Å². The number of nitro benzene ring substituents is 1. The molecule has 0 aliphatic heterocycles. The first-order chi connectivity index (χ1) is 14.5. The molecule has 0 atom stereocenters. The molecule has 8 nitrogen and oxygen atoms in total. The normalized spacial score (nSPS) is 11.0. The molecule has 0 aliphatic rings. The lowest BCUT2D eigenvalue weighted by Gasteiger charge is -2.09. The molecule has 30 heavy (non-hydrogen) atoms. The molecule has 0 bridgehead atoms. The molecule has 0 radical (unpaired) electrons. The molecule has 1 aromatic carbocycles. The van der Waals surface area contributed by atoms with Gasteiger partial charge in [-0.1, -0.05) is 0 Å². The summed E-state index contributed by atoms with van der Waals surface area (Å²) in [4.78, 5) is 29.4. The van der Waals surface area contributed by atoms with Crippen LogP contribution in [0.3, 0.4) is 0 Å². The fourth-order valence-corrected chi connectivity index (χ4v) is 4.45. The number of nitro groups is 1. The summed E-state index contributed by atoms with van der Waals surface area (Å²) in [7, 11) is 1.60. The number of rotatable bonds is 6. The van der Waals surface area contributed by atoms with Crippen molar-refractivity contribution in [2.24, 2.45) is 0 Å². The van der Waals surface area contributed by atoms with Gasteiger partial charge in [-0.25, -0.2) is 4.98 Å². The Morgan fingerprint density at radius 2 is 2.07 bits per heavy atom. The molecule has 4 rings (SSSR count). The minimum absolute atomic E-state index is 0.00456. The number of benzene rings is 1. The van der Waals surface area contributed by atoms with Crippen LogP contribution in [-0.4, -0.2) is 22.9 Å². The smallest absolute Gasteiger partial charge is 0.291 e. The van der Waals surface area contributed by atoms with Crippen LogP contribution in [0.5, 0.6) is 0 Å². The summed E-state index contributed by atoms with van der Waals surface area (Å²) in [5.74, 6) is -0.218. The van der Waals surface area contributed by atoms with Gasteiger partial charge in [0, 0.05) is 30.3 Å². The molecule has 0 saturated carbocycles. The maximum atomic E-state index is 12.7. The number of methoxy groups -OCH3 is 1. The van der Waals surface area contributed by atoms with Gasteiger partial charge in [-0.2, -0.15) is 0 Å². The third kappa shape index (κ3) is 3.68. The van der Waals surface area contributed by atoms with Crippen LogP contribution in [0.4, 0.5) is 11.4 Å². The Hall–Kier alpha value is -3.56. The summed E-state index contributed by atoms with van der Waals surface area (Å²) in [5, 5.41) is 14.7. The second kappa shape index (κ2) is 8.05. The van der Waals surface area contributed by atoms with E-state index in [0.717, 1.165) is 31.9 Å². The largest absolute Gasteiger partial charge is 0.459 e. The van der Waals surface area contributed by atoms with E-state index >= 15 is 0 Å². The van der Waals surface area contributed by atoms with Gasteiger partial charge in [0.15, 0.2) is 5.76 Å². The third-order valence-corrected chi connectivity index (χ3v) is 5.63. The van der Waals surface area contributed by atoms with E-state index in [-0.39, 0.29) is 11.4 Å². The van der Waals surface area contributed by atoms with Crippen molar-refractivity contribution in [1.29, 1.82) is 0 Å². The van der Waals surface area contributed by atoms with E-state index in [1.807, 2.05) is 13.0 Å². The number of carbonyl (C=O) groups is 1. The van der Waals surface area contributed by atoms with Crippen LogP contribution >= 0.6 is 11.3 Å². The number of thiophene rings is 1. The monoisotopic (exact) mass is 423 g/mol. The zero-order valence-corrected chi connectivity index (χ0v) is 17.0. The van der Waals surface area contributed by atoms with Crippen LogP contribution < -0.4 is 5.32 Å². The second-order valence-corrected chi connectivity index (χ2v) is 7.58. The predicted molar refractivity (Wildman–Crippen MR) is 114 cm³/mol. The van der Waals surface area contributed by atoms with E-state index in [2.05, 4.69) is 10.3 Å². The Kier molecular flexibility index (Phi) is 5.30. The van der Waals surface area contributed by atoms with Crippen molar-refractivity contribution in [3.05, 3.63) is 75.9 Å². The fourth-order valence-electron chi connectivity index (χ4n) is 3.22. The van der Waals surface area contributed by atoms with Crippen molar-refractivity contribution in [3.8, 4) is 10.4 Å². The van der Waals surface area contributed by atoms with Crippen molar-refractivity contribution < 1.29 is 18.9 Å². The molecule has 0 unspecified atom stereocenters. The summed E-state index contributed by atoms with van der Waals surface area (Å²) in [6, 6.07) is 11.3. The Morgan fingerprint density at radius 1 is 1.30 bits per heavy atom. The third-order valence-electron chi connectivity index (χ3n) is 4.50. The zero-order chi connectivity index (χ0) is 21.3. The highest BCUT2D eigenvalue weighted by Crippen LogP contribution is 2.44. The molecule has 152 valence electrons. The number of hydrogen-bond donors (Lipinski definition) is 1. The molecule has 9 heteroatoms. The van der Waals surface area contributed by atoms with E-state index in [1.165, 1.54) is 29.7 Å². The molecule has 0 saturated heterocycles. The summed E-state index contributed by atoms with van der Waals surface area (Å²) < 4.78 is 10.6. The van der Waals surface area contributed by atoms with Crippen molar-refractivity contribution in [2.75, 3.05) is 12.4 Å². The lowest BCUT2D eigenvalue weighted by Crippen LogP contribution is -2.11. The van der Waals surface area contributed by atoms with Gasteiger partial charge in [0.1, 0.15) is 4.83 Å². The van der Waals surface area contributed by atoms with Crippen molar-refractivity contribution in [1.82, 2.24) is 4.98 Å². The molecule has 4 aromatic rings. The first-order valence-electron chi connectivity index (χ1n) is 8.99. The van der Waals surface area contributed by atoms with Gasteiger partial charge in [0.2, 0.25) is 0 Å². The minimum atomic E-state index is -0.449. The average Bonchev–Trinajstić information content (AvgIpc) is 3.37. The number of amides is 1. The van der Waals surface area contributed by atoms with E-state index in [1.54, 1.807) is 31.4 Å². The lowest BCUT2D eigenvalue weighted by atomic mass is 10.1. The minimum Gasteiger partial charge on any atom is -0.459 e. The second-order valence-electron chi connectivity index (χ2n) is 6.58. The number of hydrogen-bond acceptors (Lipinski definition) is 7. The number of aryl methyl sites for hydroxylation is 1. The summed E-state index contributed by atoms with van der Waals surface area (Å²) in [6.07, 6.45) is 1.43. The standard InChI is InChI=1S/C21H17N3O5S/c1-12-10-14(11-28-2)17-18(23-20(25)16-4-3-9-29-16)19(30-21(17)22-12)13-5-7-15(8-6-13)24(26)27/h3-10H,11H2,1-2H3,(H,23,25). The van der Waals surface area contributed by atoms with Crippen LogP contribution in [0.2, 0.25) is 0 Å². The van der Waals surface area contributed by atoms with Crippen LogP contribution in [0.1, 0.15) is 21.8 Å². The number of aromatic nitrogens is 1. The molecule has 3 heterocycles. The number of carbonyl (C=O) groups excluding carboxylic acids is 1. The highest BCUT2D eigenvalue weighted by atomic mass is 32.1. The van der Waals surface area contributed by atoms with Gasteiger partial charge < -0.3 is 14.5 Å². The highest BCUT2D eigenvalue weighted by molar-refractivity contribution is 7.22. The van der Waals surface area contributed by atoms with Crippen molar-refractivity contribution in [3.63, 3.8) is 0 Å². The van der Waals surface area contributed by atoms with E-state index in [0.29, 0.717) is 12.3 Å². The lowest BCUT2D eigenvalue weighted by molar-refractivity contribution is -0.384. The number of fused-ring (bicyclic) bond motifs is 1. The number of furan rings is 1. The number of pyridine rings is 1. The highest BCUT2D eigenvalue weighted by Gasteiger charge is 2.22. The Bertz CT molecular complexity index is 1230. The van der Waals surface area contributed by atoms with Gasteiger partial charge in [-0.05, 0) is 48.4 Å². The molecule has 1 N–H and O–H groups in total. The number of ether oxygens (including phenoxy) is 1. The van der Waals surface area contributed by atoms with E-state index in [9.17, 15) is 14.9 Å². The van der Waals surface area contributed by atoms with Crippen LogP contribution in [0.25, 0.3) is 20.7 Å². The van der Waals surface area contributed by atoms with Gasteiger partial charge in [0.25, 0.3) is 11.6 Å². The molecule has 0 spiro atoms. The first kappa shape index (κ1) is 19.7. The van der Waals surface area contributed by atoms with Crippen LogP contribution in [-0.2, 0) is 11.3 Å².